The van der Waals surface area contributed by atoms with Crippen molar-refractivity contribution in [1.29, 1.82) is 0 Å². The molecule has 5 nitrogen and oxygen atoms in total. The molecule has 0 saturated heterocycles. The zero-order valence-corrected chi connectivity index (χ0v) is 9.80. The third-order valence-electron chi connectivity index (χ3n) is 2.50. The normalized spacial score (nSPS) is 10.6. The summed E-state index contributed by atoms with van der Waals surface area (Å²) in [5.41, 5.74) is 0.576. The molecular weight excluding hydrogens is 237 g/mol. The minimum Gasteiger partial charge on any atom is -0.481 e. The highest BCUT2D eigenvalue weighted by atomic mass is 19.1. The molecular formula is C12H12FN3O2. The zero-order valence-electron chi connectivity index (χ0n) is 9.80. The Bertz CT molecular complexity index is 580. The fourth-order valence-electron chi connectivity index (χ4n) is 1.60. The van der Waals surface area contributed by atoms with Crippen LogP contribution in [0.1, 0.15) is 12.2 Å². The Kier molecular flexibility index (Phi) is 3.36. The summed E-state index contributed by atoms with van der Waals surface area (Å²) in [6, 6.07) is 5.98. The van der Waals surface area contributed by atoms with Crippen LogP contribution in [-0.2, 0) is 18.3 Å². The number of carboxylic acids is 1. The largest absolute Gasteiger partial charge is 0.481 e. The van der Waals surface area contributed by atoms with Crippen molar-refractivity contribution in [3.05, 3.63) is 35.9 Å². The highest BCUT2D eigenvalue weighted by molar-refractivity contribution is 5.67. The number of aromatic nitrogens is 3. The van der Waals surface area contributed by atoms with Crippen molar-refractivity contribution in [3.8, 4) is 11.4 Å². The first-order valence-corrected chi connectivity index (χ1v) is 5.44. The van der Waals surface area contributed by atoms with Crippen molar-refractivity contribution in [2.45, 2.75) is 12.8 Å². The Balaban J connectivity index is 2.25. The minimum atomic E-state index is -0.884. The number of hydrogen-bond donors (Lipinski definition) is 1. The second-order valence-corrected chi connectivity index (χ2v) is 3.88. The van der Waals surface area contributed by atoms with Gasteiger partial charge in [-0.1, -0.05) is 12.1 Å². The quantitative estimate of drug-likeness (QED) is 0.894. The number of aliphatic carboxylic acids is 1. The van der Waals surface area contributed by atoms with Crippen LogP contribution in [0.5, 0.6) is 0 Å². The van der Waals surface area contributed by atoms with Gasteiger partial charge in [-0.05, 0) is 12.1 Å². The summed E-state index contributed by atoms with van der Waals surface area (Å²) in [4.78, 5) is 14.7. The molecule has 18 heavy (non-hydrogen) atoms. The Hall–Kier alpha value is -2.24. The van der Waals surface area contributed by atoms with E-state index in [1.807, 2.05) is 0 Å². The molecule has 0 fully saturated rings. The molecule has 1 aromatic heterocycles. The average Bonchev–Trinajstić information content (AvgIpc) is 2.68. The first kappa shape index (κ1) is 12.2. The van der Waals surface area contributed by atoms with E-state index in [1.165, 1.54) is 16.8 Å². The highest BCUT2D eigenvalue weighted by Gasteiger charge is 2.10. The van der Waals surface area contributed by atoms with Gasteiger partial charge in [0.2, 0.25) is 0 Å². The van der Waals surface area contributed by atoms with Crippen molar-refractivity contribution in [1.82, 2.24) is 14.8 Å². The van der Waals surface area contributed by atoms with Gasteiger partial charge in [0.25, 0.3) is 0 Å². The summed E-state index contributed by atoms with van der Waals surface area (Å²) in [6.45, 7) is 0. The number of nitrogens with zero attached hydrogens (tertiary/aromatic N) is 3. The molecule has 0 unspecified atom stereocenters. The third-order valence-corrected chi connectivity index (χ3v) is 2.50. The van der Waals surface area contributed by atoms with Gasteiger partial charge in [0.05, 0.1) is 6.42 Å². The summed E-state index contributed by atoms with van der Waals surface area (Å²) in [7, 11) is 1.69. The molecule has 1 aromatic carbocycles. The summed E-state index contributed by atoms with van der Waals surface area (Å²) in [5, 5.41) is 12.8. The van der Waals surface area contributed by atoms with Crippen LogP contribution in [0.25, 0.3) is 11.4 Å². The molecule has 0 spiro atoms. The number of halogens is 1. The molecule has 0 saturated carbocycles. The van der Waals surface area contributed by atoms with Crippen molar-refractivity contribution < 1.29 is 14.3 Å². The molecule has 94 valence electrons. The van der Waals surface area contributed by atoms with Crippen LogP contribution >= 0.6 is 0 Å². The number of aryl methyl sites for hydroxylation is 2. The molecule has 0 aliphatic heterocycles. The summed E-state index contributed by atoms with van der Waals surface area (Å²) >= 11 is 0. The van der Waals surface area contributed by atoms with E-state index in [1.54, 1.807) is 19.2 Å². The van der Waals surface area contributed by atoms with E-state index in [0.29, 0.717) is 23.6 Å². The molecule has 0 aliphatic carbocycles. The molecule has 0 bridgehead atoms. The topological polar surface area (TPSA) is 68.0 Å². The Morgan fingerprint density at radius 3 is 2.94 bits per heavy atom. The van der Waals surface area contributed by atoms with Crippen molar-refractivity contribution in [3.63, 3.8) is 0 Å². The predicted molar refractivity (Wildman–Crippen MR) is 62.4 cm³/mol. The third kappa shape index (κ3) is 2.71. The van der Waals surface area contributed by atoms with Gasteiger partial charge in [0.15, 0.2) is 5.82 Å². The van der Waals surface area contributed by atoms with Gasteiger partial charge < -0.3 is 5.11 Å². The van der Waals surface area contributed by atoms with Crippen LogP contribution in [0.2, 0.25) is 0 Å². The number of carboxylic acid groups (broad SMARTS) is 1. The van der Waals surface area contributed by atoms with E-state index in [0.717, 1.165) is 0 Å². The van der Waals surface area contributed by atoms with Gasteiger partial charge in [-0.15, -0.1) is 0 Å². The van der Waals surface area contributed by atoms with E-state index in [-0.39, 0.29) is 12.2 Å². The lowest BCUT2D eigenvalue weighted by Gasteiger charge is -1.95. The maximum absolute atomic E-state index is 13.1. The Morgan fingerprint density at radius 2 is 2.28 bits per heavy atom. The smallest absolute Gasteiger partial charge is 0.303 e. The molecule has 0 aliphatic rings. The fourth-order valence-corrected chi connectivity index (χ4v) is 1.60. The van der Waals surface area contributed by atoms with Gasteiger partial charge in [-0.2, -0.15) is 5.10 Å². The first-order chi connectivity index (χ1) is 8.56. The molecule has 6 heteroatoms. The second kappa shape index (κ2) is 4.95. The number of benzene rings is 1. The van der Waals surface area contributed by atoms with Crippen LogP contribution in [-0.4, -0.2) is 25.8 Å². The average molecular weight is 249 g/mol. The van der Waals surface area contributed by atoms with Gasteiger partial charge in [-0.3, -0.25) is 9.48 Å². The van der Waals surface area contributed by atoms with Gasteiger partial charge >= 0.3 is 5.97 Å². The fraction of sp³-hybridized carbons (Fsp3) is 0.250. The van der Waals surface area contributed by atoms with Crippen LogP contribution in [0.4, 0.5) is 4.39 Å². The lowest BCUT2D eigenvalue weighted by atomic mass is 10.2. The molecule has 2 aromatic rings. The zero-order chi connectivity index (χ0) is 13.1. The number of hydrogen-bond acceptors (Lipinski definition) is 3. The van der Waals surface area contributed by atoms with Crippen molar-refractivity contribution in [2.75, 3.05) is 0 Å². The lowest BCUT2D eigenvalue weighted by molar-refractivity contribution is -0.137. The molecule has 0 radical (unpaired) electrons. The van der Waals surface area contributed by atoms with Crippen LogP contribution in [0.3, 0.4) is 0 Å². The predicted octanol–water partition coefficient (Wildman–Crippen LogP) is 1.64. The van der Waals surface area contributed by atoms with Gasteiger partial charge in [-0.25, -0.2) is 9.37 Å². The molecule has 0 atom stereocenters. The number of rotatable bonds is 4. The maximum atomic E-state index is 13.1. The Morgan fingerprint density at radius 1 is 1.50 bits per heavy atom. The lowest BCUT2D eigenvalue weighted by Crippen LogP contribution is -2.03. The van der Waals surface area contributed by atoms with E-state index in [4.69, 9.17) is 5.11 Å². The van der Waals surface area contributed by atoms with Crippen molar-refractivity contribution in [2.24, 2.45) is 7.05 Å². The van der Waals surface area contributed by atoms with Crippen LogP contribution in [0.15, 0.2) is 24.3 Å². The molecule has 0 amide bonds. The van der Waals surface area contributed by atoms with E-state index in [2.05, 4.69) is 10.1 Å². The molecule has 1 N–H and O–H groups in total. The molecule has 1 heterocycles. The van der Waals surface area contributed by atoms with Gasteiger partial charge in [0.1, 0.15) is 11.6 Å². The second-order valence-electron chi connectivity index (χ2n) is 3.88. The van der Waals surface area contributed by atoms with Crippen molar-refractivity contribution >= 4 is 5.97 Å². The van der Waals surface area contributed by atoms with E-state index >= 15 is 0 Å². The first-order valence-electron chi connectivity index (χ1n) is 5.44. The monoisotopic (exact) mass is 249 g/mol. The summed E-state index contributed by atoms with van der Waals surface area (Å²) in [6.07, 6.45) is 0.295. The SMILES string of the molecule is Cn1nc(-c2cccc(F)c2)nc1CCC(=O)O. The van der Waals surface area contributed by atoms with E-state index in [9.17, 15) is 9.18 Å². The number of carbonyl (C=O) groups is 1. The van der Waals surface area contributed by atoms with Crippen LogP contribution in [0, 0.1) is 5.82 Å². The highest BCUT2D eigenvalue weighted by Crippen LogP contribution is 2.16. The summed E-state index contributed by atoms with van der Waals surface area (Å²) in [5.74, 6) is -0.272. The Labute approximate surface area is 103 Å². The maximum Gasteiger partial charge on any atom is 0.303 e. The van der Waals surface area contributed by atoms with Gasteiger partial charge in [0, 0.05) is 19.0 Å². The van der Waals surface area contributed by atoms with Crippen LogP contribution < -0.4 is 0 Å². The summed E-state index contributed by atoms with van der Waals surface area (Å²) < 4.78 is 14.6. The molecule has 2 rings (SSSR count). The minimum absolute atomic E-state index is 0.00484. The van der Waals surface area contributed by atoms with E-state index < -0.39 is 5.97 Å². The standard InChI is InChI=1S/C12H12FN3O2/c1-16-10(5-6-11(17)18)14-12(15-16)8-3-2-4-9(13)7-8/h2-4,7H,5-6H2,1H3,(H,17,18).